The van der Waals surface area contributed by atoms with Crippen LogP contribution in [0, 0.1) is 0 Å². The number of piperidine rings is 1. The van der Waals surface area contributed by atoms with Crippen LogP contribution in [0.25, 0.3) is 0 Å². The van der Waals surface area contributed by atoms with Gasteiger partial charge in [-0.25, -0.2) is 0 Å². The van der Waals surface area contributed by atoms with E-state index in [0.717, 1.165) is 25.9 Å². The summed E-state index contributed by atoms with van der Waals surface area (Å²) in [6, 6.07) is 6.60. The molecule has 0 aliphatic carbocycles. The minimum Gasteiger partial charge on any atom is -0.328 e. The summed E-state index contributed by atoms with van der Waals surface area (Å²) >= 11 is 12.0. The van der Waals surface area contributed by atoms with Crippen molar-refractivity contribution in [1.29, 1.82) is 0 Å². The van der Waals surface area contributed by atoms with Crippen LogP contribution in [0.3, 0.4) is 0 Å². The lowest BCUT2D eigenvalue weighted by molar-refractivity contribution is 0.140. The average molecular weight is 273 g/mol. The van der Waals surface area contributed by atoms with E-state index in [1.54, 1.807) is 6.07 Å². The zero-order chi connectivity index (χ0) is 12.4. The second-order valence-electron chi connectivity index (χ2n) is 4.88. The molecule has 94 valence electrons. The van der Waals surface area contributed by atoms with E-state index in [4.69, 9.17) is 28.9 Å². The molecule has 2 N–H and O–H groups in total. The standard InChI is InChI=1S/C13H18Cl2N2/c1-9-4-13(16)2-3-17(9)8-10-5-11(14)7-12(15)6-10/h5-7,9,13H,2-4,8,16H2,1H3. The van der Waals surface area contributed by atoms with E-state index < -0.39 is 0 Å². The molecule has 0 aromatic heterocycles. The van der Waals surface area contributed by atoms with Crippen LogP contribution < -0.4 is 5.73 Å². The first-order chi connectivity index (χ1) is 8.04. The number of nitrogens with zero attached hydrogens (tertiary/aromatic N) is 1. The Balaban J connectivity index is 2.05. The third-order valence-electron chi connectivity index (χ3n) is 3.36. The van der Waals surface area contributed by atoms with Gasteiger partial charge in [-0.15, -0.1) is 0 Å². The van der Waals surface area contributed by atoms with Gasteiger partial charge in [0.05, 0.1) is 0 Å². The zero-order valence-corrected chi connectivity index (χ0v) is 11.5. The second kappa shape index (κ2) is 5.57. The van der Waals surface area contributed by atoms with E-state index in [1.165, 1.54) is 5.56 Å². The molecule has 1 aliphatic rings. The minimum atomic E-state index is 0.351. The smallest absolute Gasteiger partial charge is 0.0424 e. The number of halogens is 2. The maximum atomic E-state index is 6.00. The van der Waals surface area contributed by atoms with Crippen molar-refractivity contribution < 1.29 is 0 Å². The molecule has 1 fully saturated rings. The molecular formula is C13H18Cl2N2. The number of benzene rings is 1. The van der Waals surface area contributed by atoms with Gasteiger partial charge in [-0.3, -0.25) is 4.90 Å². The first kappa shape index (κ1) is 13.2. The van der Waals surface area contributed by atoms with Gasteiger partial charge < -0.3 is 5.73 Å². The Morgan fingerprint density at radius 3 is 2.53 bits per heavy atom. The van der Waals surface area contributed by atoms with Gasteiger partial charge in [0.15, 0.2) is 0 Å². The van der Waals surface area contributed by atoms with E-state index >= 15 is 0 Å². The molecule has 0 saturated carbocycles. The lowest BCUT2D eigenvalue weighted by Crippen LogP contribution is -2.44. The molecule has 0 bridgehead atoms. The highest BCUT2D eigenvalue weighted by molar-refractivity contribution is 6.34. The fourth-order valence-corrected chi connectivity index (χ4v) is 3.00. The van der Waals surface area contributed by atoms with Crippen LogP contribution in [0.1, 0.15) is 25.3 Å². The van der Waals surface area contributed by atoms with Crippen molar-refractivity contribution in [2.45, 2.75) is 38.4 Å². The van der Waals surface area contributed by atoms with Crippen LogP contribution >= 0.6 is 23.2 Å². The van der Waals surface area contributed by atoms with Gasteiger partial charge in [0.1, 0.15) is 0 Å². The Morgan fingerprint density at radius 2 is 1.94 bits per heavy atom. The molecule has 2 unspecified atom stereocenters. The number of nitrogens with two attached hydrogens (primary N) is 1. The predicted octanol–water partition coefficient (Wildman–Crippen LogP) is 3.31. The summed E-state index contributed by atoms with van der Waals surface area (Å²) in [6.45, 7) is 4.17. The van der Waals surface area contributed by atoms with Gasteiger partial charge in [-0.05, 0) is 43.5 Å². The normalized spacial score (nSPS) is 26.1. The maximum absolute atomic E-state index is 6.00. The topological polar surface area (TPSA) is 29.3 Å². The fourth-order valence-electron chi connectivity index (χ4n) is 2.43. The lowest BCUT2D eigenvalue weighted by atomic mass is 9.98. The van der Waals surface area contributed by atoms with Crippen LogP contribution in [-0.2, 0) is 6.54 Å². The second-order valence-corrected chi connectivity index (χ2v) is 5.75. The van der Waals surface area contributed by atoms with E-state index in [0.29, 0.717) is 22.1 Å². The van der Waals surface area contributed by atoms with Crippen LogP contribution in [-0.4, -0.2) is 23.5 Å². The highest BCUT2D eigenvalue weighted by Crippen LogP contribution is 2.23. The van der Waals surface area contributed by atoms with Crippen LogP contribution in [0.4, 0.5) is 0 Å². The van der Waals surface area contributed by atoms with Gasteiger partial charge in [0, 0.05) is 35.2 Å². The molecule has 1 aliphatic heterocycles. The van der Waals surface area contributed by atoms with Crippen LogP contribution in [0.15, 0.2) is 18.2 Å². The van der Waals surface area contributed by atoms with Crippen molar-refractivity contribution in [3.8, 4) is 0 Å². The summed E-state index contributed by atoms with van der Waals surface area (Å²) in [7, 11) is 0. The summed E-state index contributed by atoms with van der Waals surface area (Å²) in [5, 5.41) is 1.41. The number of likely N-dealkylation sites (tertiary alicyclic amines) is 1. The first-order valence-electron chi connectivity index (χ1n) is 5.99. The van der Waals surface area contributed by atoms with Gasteiger partial charge in [-0.2, -0.15) is 0 Å². The first-order valence-corrected chi connectivity index (χ1v) is 6.75. The molecule has 0 radical (unpaired) electrons. The van der Waals surface area contributed by atoms with Crippen LogP contribution in [0.2, 0.25) is 10.0 Å². The SMILES string of the molecule is CC1CC(N)CCN1Cc1cc(Cl)cc(Cl)c1. The van der Waals surface area contributed by atoms with Crippen molar-refractivity contribution >= 4 is 23.2 Å². The summed E-state index contributed by atoms with van der Waals surface area (Å²) in [5.41, 5.74) is 7.13. The average Bonchev–Trinajstić information content (AvgIpc) is 2.21. The molecule has 2 atom stereocenters. The summed E-state index contributed by atoms with van der Waals surface area (Å²) in [6.07, 6.45) is 2.13. The maximum Gasteiger partial charge on any atom is 0.0424 e. The van der Waals surface area contributed by atoms with E-state index in [1.807, 2.05) is 12.1 Å². The Hall–Kier alpha value is -0.280. The van der Waals surface area contributed by atoms with Gasteiger partial charge in [-0.1, -0.05) is 23.2 Å². The van der Waals surface area contributed by atoms with Crippen molar-refractivity contribution in [1.82, 2.24) is 4.90 Å². The van der Waals surface area contributed by atoms with Crippen LogP contribution in [0.5, 0.6) is 0 Å². The Labute approximate surface area is 113 Å². The highest BCUT2D eigenvalue weighted by Gasteiger charge is 2.23. The number of rotatable bonds is 2. The van der Waals surface area contributed by atoms with Gasteiger partial charge in [0.25, 0.3) is 0 Å². The third kappa shape index (κ3) is 3.59. The summed E-state index contributed by atoms with van der Waals surface area (Å²) in [5.74, 6) is 0. The minimum absolute atomic E-state index is 0.351. The van der Waals surface area contributed by atoms with Gasteiger partial charge >= 0.3 is 0 Å². The molecule has 0 spiro atoms. The third-order valence-corrected chi connectivity index (χ3v) is 3.80. The molecule has 1 aromatic carbocycles. The number of hydrogen-bond donors (Lipinski definition) is 1. The van der Waals surface area contributed by atoms with Crippen molar-refractivity contribution in [2.24, 2.45) is 5.73 Å². The molecule has 2 nitrogen and oxygen atoms in total. The molecule has 1 saturated heterocycles. The van der Waals surface area contributed by atoms with Crippen molar-refractivity contribution in [3.63, 3.8) is 0 Å². The summed E-state index contributed by atoms with van der Waals surface area (Å²) < 4.78 is 0. The molecule has 1 aromatic rings. The Morgan fingerprint density at radius 1 is 1.29 bits per heavy atom. The lowest BCUT2D eigenvalue weighted by Gasteiger charge is -2.36. The van der Waals surface area contributed by atoms with E-state index in [-0.39, 0.29) is 0 Å². The molecule has 0 amide bonds. The van der Waals surface area contributed by atoms with Crippen molar-refractivity contribution in [3.05, 3.63) is 33.8 Å². The van der Waals surface area contributed by atoms with E-state index in [9.17, 15) is 0 Å². The van der Waals surface area contributed by atoms with Gasteiger partial charge in [0.2, 0.25) is 0 Å². The Bertz CT molecular complexity index is 375. The monoisotopic (exact) mass is 272 g/mol. The molecule has 2 rings (SSSR count). The zero-order valence-electron chi connectivity index (χ0n) is 10.00. The quantitative estimate of drug-likeness (QED) is 0.895. The molecular weight excluding hydrogens is 255 g/mol. The highest BCUT2D eigenvalue weighted by atomic mass is 35.5. The number of hydrogen-bond acceptors (Lipinski definition) is 2. The largest absolute Gasteiger partial charge is 0.328 e. The molecule has 4 heteroatoms. The molecule has 1 heterocycles. The summed E-state index contributed by atoms with van der Waals surface area (Å²) in [4.78, 5) is 2.44. The predicted molar refractivity (Wildman–Crippen MR) is 73.5 cm³/mol. The molecule has 17 heavy (non-hydrogen) atoms. The fraction of sp³-hybridized carbons (Fsp3) is 0.538. The Kier molecular flexibility index (Phi) is 4.31. The van der Waals surface area contributed by atoms with E-state index in [2.05, 4.69) is 11.8 Å². The van der Waals surface area contributed by atoms with Crippen molar-refractivity contribution in [2.75, 3.05) is 6.54 Å².